The molecule has 4 N–H and O–H groups in total. The number of carbonyl (C=O) groups is 2. The van der Waals surface area contributed by atoms with Gasteiger partial charge in [0, 0.05) is 6.42 Å². The van der Waals surface area contributed by atoms with Crippen LogP contribution in [0.4, 0.5) is 0 Å². The fraction of sp³-hybridized carbons (Fsp3) is 0.417. The van der Waals surface area contributed by atoms with Crippen LogP contribution in [0.15, 0.2) is 16.7 Å². The van der Waals surface area contributed by atoms with E-state index in [0.29, 0.717) is 0 Å². The monoisotopic (exact) mass is 284 g/mol. The number of ether oxygens (including phenoxy) is 1. The van der Waals surface area contributed by atoms with Crippen molar-refractivity contribution in [3.8, 4) is 5.88 Å². The van der Waals surface area contributed by atoms with Crippen molar-refractivity contribution in [3.05, 3.63) is 23.5 Å². The lowest BCUT2D eigenvalue weighted by molar-refractivity contribution is -0.138. The molecule has 0 aliphatic carbocycles. The minimum atomic E-state index is -1.36. The van der Waals surface area contributed by atoms with Crippen LogP contribution in [0.25, 0.3) is 0 Å². The zero-order valence-electron chi connectivity index (χ0n) is 11.1. The number of aliphatic carboxylic acids is 1. The van der Waals surface area contributed by atoms with Crippen molar-refractivity contribution in [2.24, 2.45) is 5.73 Å². The molecule has 0 amide bonds. The second-order valence-corrected chi connectivity index (χ2v) is 4.10. The van der Waals surface area contributed by atoms with E-state index in [0.717, 1.165) is 0 Å². The highest BCUT2D eigenvalue weighted by atomic mass is 16.5. The number of hydrogen-bond donors (Lipinski definition) is 3. The van der Waals surface area contributed by atoms with Gasteiger partial charge in [0.2, 0.25) is 0 Å². The minimum absolute atomic E-state index is 0.0313. The fourth-order valence-corrected chi connectivity index (χ4v) is 1.53. The molecule has 0 aliphatic rings. The van der Waals surface area contributed by atoms with Crippen LogP contribution in [0.2, 0.25) is 0 Å². The molecule has 1 aromatic heterocycles. The standard InChI is InChI=1S/C12H16N2O6/c1-3-4-6(2)19-10-7(5-8(13)11(15)16)9(12(17)18)20-14-10/h3-4,6,8H,5,13H2,1-2H3,(H,15,16)(H,17,18). The molecular formula is C12H16N2O6. The Morgan fingerprint density at radius 2 is 2.15 bits per heavy atom. The first-order valence-electron chi connectivity index (χ1n) is 5.86. The van der Waals surface area contributed by atoms with Gasteiger partial charge in [-0.05, 0) is 25.1 Å². The summed E-state index contributed by atoms with van der Waals surface area (Å²) in [7, 11) is 0. The van der Waals surface area contributed by atoms with Gasteiger partial charge in [0.05, 0.1) is 5.56 Å². The number of hydrogen-bond acceptors (Lipinski definition) is 6. The quantitative estimate of drug-likeness (QED) is 0.621. The number of carboxylic acids is 2. The molecule has 20 heavy (non-hydrogen) atoms. The lowest BCUT2D eigenvalue weighted by Gasteiger charge is -2.10. The topological polar surface area (TPSA) is 136 Å². The van der Waals surface area contributed by atoms with Crippen LogP contribution in [0.1, 0.15) is 30.0 Å². The van der Waals surface area contributed by atoms with Gasteiger partial charge in [-0.25, -0.2) is 4.79 Å². The predicted octanol–water partition coefficient (Wildman–Crippen LogP) is 0.671. The van der Waals surface area contributed by atoms with E-state index in [1.54, 1.807) is 26.0 Å². The highest BCUT2D eigenvalue weighted by Gasteiger charge is 2.27. The molecular weight excluding hydrogens is 268 g/mol. The molecule has 110 valence electrons. The third-order valence-corrected chi connectivity index (χ3v) is 2.45. The van der Waals surface area contributed by atoms with Gasteiger partial charge >= 0.3 is 11.9 Å². The first-order chi connectivity index (χ1) is 9.36. The molecule has 2 atom stereocenters. The predicted molar refractivity (Wildman–Crippen MR) is 67.7 cm³/mol. The van der Waals surface area contributed by atoms with Crippen LogP contribution in [-0.4, -0.2) is 39.5 Å². The van der Waals surface area contributed by atoms with Gasteiger partial charge in [0.15, 0.2) is 0 Å². The van der Waals surface area contributed by atoms with Gasteiger partial charge in [-0.1, -0.05) is 6.08 Å². The van der Waals surface area contributed by atoms with Gasteiger partial charge in [-0.2, -0.15) is 0 Å². The Bertz CT molecular complexity index is 522. The van der Waals surface area contributed by atoms with Crippen molar-refractivity contribution in [3.63, 3.8) is 0 Å². The lowest BCUT2D eigenvalue weighted by Crippen LogP contribution is -2.32. The van der Waals surface area contributed by atoms with Crippen molar-refractivity contribution in [2.75, 3.05) is 0 Å². The molecule has 0 bridgehead atoms. The summed E-state index contributed by atoms with van der Waals surface area (Å²) in [5, 5.41) is 21.3. The highest BCUT2D eigenvalue weighted by Crippen LogP contribution is 2.24. The number of nitrogens with two attached hydrogens (primary N) is 1. The highest BCUT2D eigenvalue weighted by molar-refractivity contribution is 5.87. The smallest absolute Gasteiger partial charge is 0.375 e. The Morgan fingerprint density at radius 3 is 2.65 bits per heavy atom. The zero-order chi connectivity index (χ0) is 15.3. The average Bonchev–Trinajstić information content (AvgIpc) is 2.72. The normalized spacial score (nSPS) is 14.2. The minimum Gasteiger partial charge on any atom is -0.480 e. The summed E-state index contributed by atoms with van der Waals surface area (Å²) in [6.45, 7) is 3.52. The second-order valence-electron chi connectivity index (χ2n) is 4.10. The maximum Gasteiger partial charge on any atom is 0.375 e. The molecule has 1 rings (SSSR count). The molecule has 0 fully saturated rings. The molecule has 0 saturated carbocycles. The molecule has 8 heteroatoms. The maximum atomic E-state index is 11.0. The zero-order valence-corrected chi connectivity index (χ0v) is 11.1. The van der Waals surface area contributed by atoms with E-state index >= 15 is 0 Å². The van der Waals surface area contributed by atoms with Gasteiger partial charge in [-0.15, -0.1) is 0 Å². The third-order valence-electron chi connectivity index (χ3n) is 2.45. The van der Waals surface area contributed by atoms with Crippen molar-refractivity contribution < 1.29 is 29.1 Å². The van der Waals surface area contributed by atoms with Crippen LogP contribution in [-0.2, 0) is 11.2 Å². The summed E-state index contributed by atoms with van der Waals surface area (Å²) in [5.74, 6) is -3.15. The molecule has 2 unspecified atom stereocenters. The van der Waals surface area contributed by atoms with E-state index in [2.05, 4.69) is 9.68 Å². The number of rotatable bonds is 7. The summed E-state index contributed by atoms with van der Waals surface area (Å²) >= 11 is 0. The average molecular weight is 284 g/mol. The molecule has 0 aliphatic heterocycles. The van der Waals surface area contributed by atoms with Crippen LogP contribution in [0.3, 0.4) is 0 Å². The summed E-state index contributed by atoms with van der Waals surface area (Å²) in [6, 6.07) is -1.27. The van der Waals surface area contributed by atoms with E-state index in [1.165, 1.54) is 0 Å². The maximum absolute atomic E-state index is 11.0. The Labute approximate surface area is 114 Å². The van der Waals surface area contributed by atoms with Gasteiger partial charge < -0.3 is 25.2 Å². The number of aromatic carboxylic acids is 1. The largest absolute Gasteiger partial charge is 0.480 e. The molecule has 0 aromatic carbocycles. The van der Waals surface area contributed by atoms with Crippen LogP contribution < -0.4 is 10.5 Å². The molecule has 0 radical (unpaired) electrons. The van der Waals surface area contributed by atoms with Gasteiger partial charge in [0.1, 0.15) is 12.1 Å². The Balaban J connectivity index is 3.05. The van der Waals surface area contributed by atoms with Crippen LogP contribution >= 0.6 is 0 Å². The third kappa shape index (κ3) is 3.82. The van der Waals surface area contributed by atoms with Gasteiger partial charge in [0.25, 0.3) is 11.6 Å². The molecule has 0 spiro atoms. The van der Waals surface area contributed by atoms with Crippen LogP contribution in [0, 0.1) is 0 Å². The van der Waals surface area contributed by atoms with E-state index in [-0.39, 0.29) is 24.0 Å². The van der Waals surface area contributed by atoms with E-state index < -0.39 is 23.7 Å². The fourth-order valence-electron chi connectivity index (χ4n) is 1.53. The van der Waals surface area contributed by atoms with Crippen molar-refractivity contribution in [1.82, 2.24) is 5.16 Å². The molecule has 1 aromatic rings. The Kier molecular flexibility index (Phi) is 5.27. The van der Waals surface area contributed by atoms with Crippen molar-refractivity contribution in [2.45, 2.75) is 32.4 Å². The van der Waals surface area contributed by atoms with Crippen molar-refractivity contribution in [1.29, 1.82) is 0 Å². The summed E-state index contributed by atoms with van der Waals surface area (Å²) in [5.41, 5.74) is 5.43. The van der Waals surface area contributed by atoms with E-state index in [9.17, 15) is 9.59 Å². The number of carboxylic acid groups (broad SMARTS) is 2. The first-order valence-corrected chi connectivity index (χ1v) is 5.86. The SMILES string of the molecule is CC=CC(C)Oc1noc(C(=O)O)c1CC(N)C(=O)O. The molecule has 0 saturated heterocycles. The summed E-state index contributed by atoms with van der Waals surface area (Å²) < 4.78 is 10.1. The van der Waals surface area contributed by atoms with Crippen molar-refractivity contribution >= 4 is 11.9 Å². The lowest BCUT2D eigenvalue weighted by atomic mass is 10.1. The summed E-state index contributed by atoms with van der Waals surface area (Å²) in [6.07, 6.45) is 2.85. The number of aromatic nitrogens is 1. The molecule has 1 heterocycles. The van der Waals surface area contributed by atoms with E-state index in [4.69, 9.17) is 20.7 Å². The van der Waals surface area contributed by atoms with E-state index in [1.807, 2.05) is 0 Å². The van der Waals surface area contributed by atoms with Crippen LogP contribution in [0.5, 0.6) is 5.88 Å². The number of nitrogens with zero attached hydrogens (tertiary/aromatic N) is 1. The second kappa shape index (κ2) is 6.71. The number of allylic oxidation sites excluding steroid dienone is 1. The first kappa shape index (κ1) is 15.7. The molecule has 8 nitrogen and oxygen atoms in total. The summed E-state index contributed by atoms with van der Waals surface area (Å²) in [4.78, 5) is 21.8. The Morgan fingerprint density at radius 1 is 1.50 bits per heavy atom. The Hall–Kier alpha value is -2.35. The van der Waals surface area contributed by atoms with Gasteiger partial charge in [-0.3, -0.25) is 4.79 Å².